The van der Waals surface area contributed by atoms with Crippen molar-refractivity contribution < 1.29 is 9.47 Å². The molecule has 0 bridgehead atoms. The topological polar surface area (TPSA) is 25.1 Å². The lowest BCUT2D eigenvalue weighted by atomic mass is 10.2. The van der Waals surface area contributed by atoms with Crippen LogP contribution in [0.4, 0.5) is 0 Å². The van der Waals surface area contributed by atoms with Gasteiger partial charge in [0, 0.05) is 0 Å². The van der Waals surface area contributed by atoms with Gasteiger partial charge < -0.3 is 9.47 Å². The molecule has 0 aromatic carbocycles. The summed E-state index contributed by atoms with van der Waals surface area (Å²) in [4.78, 5) is 0. The lowest BCUT2D eigenvalue weighted by molar-refractivity contribution is 0.392. The van der Waals surface area contributed by atoms with Gasteiger partial charge >= 0.3 is 0 Å². The van der Waals surface area contributed by atoms with Crippen LogP contribution in [-0.2, 0) is 9.47 Å². The van der Waals surface area contributed by atoms with Gasteiger partial charge in [0.2, 0.25) is 0 Å². The number of hydrogen-bond acceptors (Lipinski definition) is 2. The Morgan fingerprint density at radius 1 is 1.60 bits per heavy atom. The average molecular weight is 140 g/mol. The fourth-order valence-corrected chi connectivity index (χ4v) is 1.00. The number of epoxide rings is 2. The second-order valence-corrected chi connectivity index (χ2v) is 2.85. The summed E-state index contributed by atoms with van der Waals surface area (Å²) in [6.45, 7) is 1.87. The van der Waals surface area contributed by atoms with Crippen LogP contribution in [0.3, 0.4) is 0 Å². The molecule has 2 saturated heterocycles. The zero-order valence-electron chi connectivity index (χ0n) is 6.01. The average Bonchev–Trinajstić information content (AvgIpc) is 2.77. The van der Waals surface area contributed by atoms with Crippen molar-refractivity contribution in [3.63, 3.8) is 0 Å². The fourth-order valence-electron chi connectivity index (χ4n) is 1.00. The van der Waals surface area contributed by atoms with Crippen LogP contribution in [0.15, 0.2) is 11.8 Å². The van der Waals surface area contributed by atoms with Crippen molar-refractivity contribution in [1.29, 1.82) is 0 Å². The molecule has 56 valence electrons. The third-order valence-electron chi connectivity index (χ3n) is 1.82. The molecule has 0 aromatic rings. The van der Waals surface area contributed by atoms with E-state index in [0.29, 0.717) is 6.10 Å². The number of hydrogen-bond donors (Lipinski definition) is 0. The third kappa shape index (κ3) is 2.03. The van der Waals surface area contributed by atoms with Gasteiger partial charge in [-0.3, -0.25) is 0 Å². The van der Waals surface area contributed by atoms with Crippen LogP contribution in [-0.4, -0.2) is 19.3 Å². The van der Waals surface area contributed by atoms with Crippen LogP contribution >= 0.6 is 0 Å². The molecule has 1 atom stereocenters. The summed E-state index contributed by atoms with van der Waals surface area (Å²) in [5, 5.41) is 0. The largest absolute Gasteiger partial charge is 0.487 e. The van der Waals surface area contributed by atoms with Gasteiger partial charge in [0.25, 0.3) is 0 Å². The monoisotopic (exact) mass is 140 g/mol. The summed E-state index contributed by atoms with van der Waals surface area (Å²) in [5.41, 5.74) is 0. The second-order valence-electron chi connectivity index (χ2n) is 2.85. The maximum absolute atomic E-state index is 5.08. The lowest BCUT2D eigenvalue weighted by Gasteiger charge is -1.88. The van der Waals surface area contributed by atoms with E-state index in [9.17, 15) is 0 Å². The summed E-state index contributed by atoms with van der Waals surface area (Å²) < 4.78 is 10.0. The maximum atomic E-state index is 5.08. The van der Waals surface area contributed by atoms with Gasteiger partial charge in [-0.15, -0.1) is 0 Å². The highest BCUT2D eigenvalue weighted by atomic mass is 16.6. The highest BCUT2D eigenvalue weighted by molar-refractivity contribution is 5.03. The van der Waals surface area contributed by atoms with E-state index in [1.807, 2.05) is 0 Å². The van der Waals surface area contributed by atoms with E-state index in [4.69, 9.17) is 9.47 Å². The molecule has 2 aliphatic rings. The van der Waals surface area contributed by atoms with E-state index in [2.05, 4.69) is 6.08 Å². The first-order chi connectivity index (χ1) is 4.95. The Hall–Kier alpha value is -0.500. The van der Waals surface area contributed by atoms with Crippen molar-refractivity contribution in [3.05, 3.63) is 11.8 Å². The molecule has 0 N–H and O–H groups in total. The quantitative estimate of drug-likeness (QED) is 0.436. The highest BCUT2D eigenvalue weighted by Gasteiger charge is 2.21. The fraction of sp³-hybridized carbons (Fsp3) is 0.750. The van der Waals surface area contributed by atoms with E-state index in [0.717, 1.165) is 19.6 Å². The summed E-state index contributed by atoms with van der Waals surface area (Å²) in [6.07, 6.45) is 6.41. The van der Waals surface area contributed by atoms with Gasteiger partial charge in [-0.1, -0.05) is 0 Å². The molecule has 2 aliphatic heterocycles. The number of allylic oxidation sites excluding steroid dienone is 1. The molecule has 0 radical (unpaired) electrons. The van der Waals surface area contributed by atoms with Crippen molar-refractivity contribution in [2.45, 2.75) is 25.4 Å². The van der Waals surface area contributed by atoms with Gasteiger partial charge in [-0.25, -0.2) is 0 Å². The van der Waals surface area contributed by atoms with Crippen molar-refractivity contribution >= 4 is 0 Å². The Morgan fingerprint density at radius 2 is 2.40 bits per heavy atom. The predicted molar refractivity (Wildman–Crippen MR) is 37.6 cm³/mol. The Morgan fingerprint density at radius 3 is 3.00 bits per heavy atom. The molecule has 0 saturated carbocycles. The van der Waals surface area contributed by atoms with Crippen LogP contribution in [0.25, 0.3) is 0 Å². The first-order valence-electron chi connectivity index (χ1n) is 3.88. The second kappa shape index (κ2) is 2.62. The summed E-state index contributed by atoms with van der Waals surface area (Å²) in [6, 6.07) is 0. The minimum atomic E-state index is 0.596. The zero-order valence-corrected chi connectivity index (χ0v) is 6.01. The van der Waals surface area contributed by atoms with Gasteiger partial charge in [0.15, 0.2) is 0 Å². The first kappa shape index (κ1) is 6.23. The predicted octanol–water partition coefficient (Wildman–Crippen LogP) is 1.47. The molecular weight excluding hydrogens is 128 g/mol. The minimum Gasteiger partial charge on any atom is -0.487 e. The molecule has 2 fully saturated rings. The smallest absolute Gasteiger partial charge is 0.145 e. The number of rotatable bonds is 4. The highest BCUT2D eigenvalue weighted by Crippen LogP contribution is 2.19. The van der Waals surface area contributed by atoms with Crippen molar-refractivity contribution in [3.8, 4) is 0 Å². The molecule has 10 heavy (non-hydrogen) atoms. The normalized spacial score (nSPS) is 32.0. The summed E-state index contributed by atoms with van der Waals surface area (Å²) >= 11 is 0. The van der Waals surface area contributed by atoms with Crippen LogP contribution in [0.5, 0.6) is 0 Å². The zero-order chi connectivity index (χ0) is 6.81. The van der Waals surface area contributed by atoms with Gasteiger partial charge in [-0.05, 0) is 25.3 Å². The van der Waals surface area contributed by atoms with Crippen LogP contribution in [0, 0.1) is 0 Å². The van der Waals surface area contributed by atoms with Crippen LogP contribution < -0.4 is 0 Å². The van der Waals surface area contributed by atoms with E-state index in [1.165, 1.54) is 18.6 Å². The molecule has 1 unspecified atom stereocenters. The Labute approximate surface area is 60.8 Å². The molecule has 0 aliphatic carbocycles. The van der Waals surface area contributed by atoms with Gasteiger partial charge in [0.05, 0.1) is 12.7 Å². The molecule has 2 nitrogen and oxygen atoms in total. The number of unbranched alkanes of at least 4 members (excludes halogenated alkanes) is 1. The maximum Gasteiger partial charge on any atom is 0.145 e. The molecule has 2 heteroatoms. The third-order valence-corrected chi connectivity index (χ3v) is 1.82. The lowest BCUT2D eigenvalue weighted by Crippen LogP contribution is -1.82. The standard InChI is InChI=1S/C8H12O2/c1(3-7-5-9-7)2-4-8-6-10-8/h3,8H,1-2,4-6H2/b7-3-. The molecule has 0 aromatic heterocycles. The summed E-state index contributed by atoms with van der Waals surface area (Å²) in [5.74, 6) is 1.18. The van der Waals surface area contributed by atoms with Crippen LogP contribution in [0.1, 0.15) is 19.3 Å². The van der Waals surface area contributed by atoms with E-state index < -0.39 is 0 Å². The number of ether oxygens (including phenoxy) is 2. The van der Waals surface area contributed by atoms with Gasteiger partial charge in [-0.2, -0.15) is 0 Å². The molecule has 2 rings (SSSR count). The molecular formula is C8H12O2. The van der Waals surface area contributed by atoms with Crippen LogP contribution in [0.2, 0.25) is 0 Å². The molecule has 2 heterocycles. The van der Waals surface area contributed by atoms with Crippen molar-refractivity contribution in [1.82, 2.24) is 0 Å². The SMILES string of the molecule is C(/CCCC1CO1)=C1\CO1. The van der Waals surface area contributed by atoms with Crippen molar-refractivity contribution in [2.24, 2.45) is 0 Å². The Kier molecular flexibility index (Phi) is 1.63. The van der Waals surface area contributed by atoms with Crippen molar-refractivity contribution in [2.75, 3.05) is 13.2 Å². The van der Waals surface area contributed by atoms with E-state index >= 15 is 0 Å². The first-order valence-corrected chi connectivity index (χ1v) is 3.88. The molecule has 0 amide bonds. The minimum absolute atomic E-state index is 0.596. The van der Waals surface area contributed by atoms with E-state index in [-0.39, 0.29) is 0 Å². The van der Waals surface area contributed by atoms with Gasteiger partial charge in [0.1, 0.15) is 12.4 Å². The Bertz CT molecular complexity index is 141. The Balaban J connectivity index is 1.50. The van der Waals surface area contributed by atoms with E-state index in [1.54, 1.807) is 0 Å². The molecule has 0 spiro atoms. The summed E-state index contributed by atoms with van der Waals surface area (Å²) in [7, 11) is 0.